The van der Waals surface area contributed by atoms with Crippen molar-refractivity contribution in [2.45, 2.75) is 12.2 Å². The van der Waals surface area contributed by atoms with E-state index in [0.29, 0.717) is 0 Å². The molecule has 1 aromatic rings. The maximum Gasteiger partial charge on any atom is 0.180 e. The van der Waals surface area contributed by atoms with E-state index in [-0.39, 0.29) is 17.1 Å². The second-order valence-corrected chi connectivity index (χ2v) is 4.92. The van der Waals surface area contributed by atoms with Crippen LogP contribution in [0.2, 0.25) is 0 Å². The van der Waals surface area contributed by atoms with Crippen molar-refractivity contribution in [2.24, 2.45) is 0 Å². The molecule has 0 saturated heterocycles. The number of ketones is 1. The number of Topliss-reactive ketones (excluding diaryl/α,β-unsaturated/α-hetero) is 1. The van der Waals surface area contributed by atoms with E-state index in [0.717, 1.165) is 16.2 Å². The van der Waals surface area contributed by atoms with Crippen LogP contribution in [0.5, 0.6) is 5.75 Å². The Balaban J connectivity index is 3.01. The first-order valence-electron chi connectivity index (χ1n) is 4.13. The van der Waals surface area contributed by atoms with Crippen molar-refractivity contribution >= 4 is 33.5 Å². The van der Waals surface area contributed by atoms with Crippen molar-refractivity contribution in [2.75, 3.05) is 0 Å². The zero-order chi connectivity index (χ0) is 11.4. The van der Waals surface area contributed by atoms with Crippen LogP contribution < -0.4 is 0 Å². The molecule has 0 saturated carbocycles. The second-order valence-electron chi connectivity index (χ2n) is 2.88. The molecule has 3 nitrogen and oxygen atoms in total. The number of aromatic hydroxyl groups is 1. The van der Waals surface area contributed by atoms with Gasteiger partial charge < -0.3 is 5.11 Å². The molecule has 0 amide bonds. The van der Waals surface area contributed by atoms with Crippen LogP contribution in [0.4, 0.5) is 0 Å². The van der Waals surface area contributed by atoms with Gasteiger partial charge in [0.05, 0.1) is 10.8 Å². The molecule has 0 aromatic heterocycles. The van der Waals surface area contributed by atoms with Crippen LogP contribution in [0.1, 0.15) is 17.3 Å². The van der Waals surface area contributed by atoms with Crippen molar-refractivity contribution < 1.29 is 9.90 Å². The average Bonchev–Trinajstić information content (AvgIpc) is 2.21. The molecule has 1 aromatic carbocycles. The Labute approximate surface area is 100 Å². The second kappa shape index (κ2) is 5.19. The molecular weight excluding hydrogens is 278 g/mol. The predicted molar refractivity (Wildman–Crippen MR) is 62.8 cm³/mol. The number of thioether (sulfide) groups is 1. The van der Waals surface area contributed by atoms with E-state index in [4.69, 9.17) is 5.26 Å². The van der Waals surface area contributed by atoms with Gasteiger partial charge in [-0.15, -0.1) is 0 Å². The van der Waals surface area contributed by atoms with Gasteiger partial charge >= 0.3 is 0 Å². The standard InChI is InChI=1S/C10H8BrNO2S/c1-6(15-5-12)10(14)8-4-7(11)2-3-9(8)13/h2-4,6,13H,1H3/t6-/m1/s1. The minimum Gasteiger partial charge on any atom is -0.507 e. The zero-order valence-electron chi connectivity index (χ0n) is 7.90. The summed E-state index contributed by atoms with van der Waals surface area (Å²) < 4.78 is 0.720. The van der Waals surface area contributed by atoms with Gasteiger partial charge in [-0.3, -0.25) is 4.79 Å². The lowest BCUT2D eigenvalue weighted by Gasteiger charge is -2.07. The van der Waals surface area contributed by atoms with Crippen LogP contribution >= 0.6 is 27.7 Å². The quantitative estimate of drug-likeness (QED) is 0.685. The first-order valence-corrected chi connectivity index (χ1v) is 5.81. The lowest BCUT2D eigenvalue weighted by molar-refractivity contribution is 0.0991. The number of nitrogens with zero attached hydrogens (tertiary/aromatic N) is 1. The monoisotopic (exact) mass is 285 g/mol. The number of benzene rings is 1. The fraction of sp³-hybridized carbons (Fsp3) is 0.200. The van der Waals surface area contributed by atoms with Gasteiger partial charge in [-0.1, -0.05) is 15.9 Å². The maximum absolute atomic E-state index is 11.8. The summed E-state index contributed by atoms with van der Waals surface area (Å²) in [5, 5.41) is 19.3. The smallest absolute Gasteiger partial charge is 0.180 e. The van der Waals surface area contributed by atoms with Gasteiger partial charge in [0.15, 0.2) is 5.78 Å². The minimum atomic E-state index is -0.477. The third-order valence-electron chi connectivity index (χ3n) is 1.82. The maximum atomic E-state index is 11.8. The number of halogens is 1. The summed E-state index contributed by atoms with van der Waals surface area (Å²) in [4.78, 5) is 11.8. The average molecular weight is 286 g/mol. The molecule has 1 atom stereocenters. The van der Waals surface area contributed by atoms with Gasteiger partial charge in [-0.2, -0.15) is 5.26 Å². The molecule has 0 spiro atoms. The number of hydrogen-bond donors (Lipinski definition) is 1. The fourth-order valence-corrected chi connectivity index (χ4v) is 1.81. The number of carbonyl (C=O) groups is 1. The summed E-state index contributed by atoms with van der Waals surface area (Å²) in [5.74, 6) is -0.311. The minimum absolute atomic E-state index is 0.0615. The third kappa shape index (κ3) is 2.98. The Morgan fingerprint density at radius 3 is 2.93 bits per heavy atom. The molecule has 5 heteroatoms. The lowest BCUT2D eigenvalue weighted by Crippen LogP contribution is -2.12. The van der Waals surface area contributed by atoms with E-state index in [1.807, 2.05) is 5.40 Å². The topological polar surface area (TPSA) is 61.1 Å². The van der Waals surface area contributed by atoms with Gasteiger partial charge in [0.1, 0.15) is 11.2 Å². The van der Waals surface area contributed by atoms with Crippen LogP contribution in [0.15, 0.2) is 22.7 Å². The van der Waals surface area contributed by atoms with E-state index >= 15 is 0 Å². The predicted octanol–water partition coefficient (Wildman–Crippen LogP) is 2.94. The van der Waals surface area contributed by atoms with E-state index < -0.39 is 5.25 Å². The highest BCUT2D eigenvalue weighted by atomic mass is 79.9. The Morgan fingerprint density at radius 2 is 2.33 bits per heavy atom. The number of nitriles is 1. The molecule has 1 rings (SSSR count). The zero-order valence-corrected chi connectivity index (χ0v) is 10.3. The van der Waals surface area contributed by atoms with Crippen LogP contribution in [0, 0.1) is 10.7 Å². The summed E-state index contributed by atoms with van der Waals surface area (Å²) in [5.41, 5.74) is 0.236. The van der Waals surface area contributed by atoms with E-state index in [2.05, 4.69) is 15.9 Å². The molecule has 0 aliphatic heterocycles. The third-order valence-corrected chi connectivity index (χ3v) is 2.99. The number of phenols is 1. The summed E-state index contributed by atoms with van der Waals surface area (Å²) in [7, 11) is 0. The van der Waals surface area contributed by atoms with Gasteiger partial charge in [-0.25, -0.2) is 0 Å². The van der Waals surface area contributed by atoms with Gasteiger partial charge in [0, 0.05) is 4.47 Å². The summed E-state index contributed by atoms with van der Waals surface area (Å²) in [6, 6.07) is 4.64. The van der Waals surface area contributed by atoms with Crippen molar-refractivity contribution in [3.05, 3.63) is 28.2 Å². The molecular formula is C10H8BrNO2S. The summed E-state index contributed by atoms with van der Waals surface area (Å²) in [6.45, 7) is 1.64. The first kappa shape index (κ1) is 12.1. The van der Waals surface area contributed by atoms with Gasteiger partial charge in [-0.05, 0) is 36.9 Å². The number of phenolic OH excluding ortho intramolecular Hbond substituents is 1. The van der Waals surface area contributed by atoms with E-state index in [1.165, 1.54) is 6.07 Å². The lowest BCUT2D eigenvalue weighted by atomic mass is 10.1. The highest BCUT2D eigenvalue weighted by Gasteiger charge is 2.19. The Hall–Kier alpha value is -0.990. The van der Waals surface area contributed by atoms with Crippen molar-refractivity contribution in [1.82, 2.24) is 0 Å². The molecule has 78 valence electrons. The molecule has 15 heavy (non-hydrogen) atoms. The first-order chi connectivity index (χ1) is 7.06. The molecule has 0 aliphatic rings. The number of hydrogen-bond acceptors (Lipinski definition) is 4. The van der Waals surface area contributed by atoms with Crippen LogP contribution in [0.3, 0.4) is 0 Å². The molecule has 0 heterocycles. The molecule has 1 N–H and O–H groups in total. The molecule has 0 unspecified atom stereocenters. The highest BCUT2D eigenvalue weighted by molar-refractivity contribution is 9.10. The van der Waals surface area contributed by atoms with E-state index in [9.17, 15) is 9.90 Å². The van der Waals surface area contributed by atoms with Crippen LogP contribution in [-0.4, -0.2) is 16.1 Å². The van der Waals surface area contributed by atoms with E-state index in [1.54, 1.807) is 19.1 Å². The molecule has 0 aliphatic carbocycles. The number of thiocyanates is 1. The molecule has 0 radical (unpaired) electrons. The van der Waals surface area contributed by atoms with Gasteiger partial charge in [0.2, 0.25) is 0 Å². The van der Waals surface area contributed by atoms with Crippen molar-refractivity contribution in [1.29, 1.82) is 5.26 Å². The normalized spacial score (nSPS) is 11.8. The van der Waals surface area contributed by atoms with Crippen molar-refractivity contribution in [3.8, 4) is 11.2 Å². The number of rotatable bonds is 3. The Morgan fingerprint density at radius 1 is 1.67 bits per heavy atom. The highest BCUT2D eigenvalue weighted by Crippen LogP contribution is 2.25. The Kier molecular flexibility index (Phi) is 4.18. The van der Waals surface area contributed by atoms with Crippen LogP contribution in [-0.2, 0) is 0 Å². The van der Waals surface area contributed by atoms with Crippen molar-refractivity contribution in [3.63, 3.8) is 0 Å². The molecule has 0 fully saturated rings. The largest absolute Gasteiger partial charge is 0.507 e. The number of carbonyl (C=O) groups excluding carboxylic acids is 1. The molecule has 0 bridgehead atoms. The SMILES string of the molecule is C[C@@H](SC#N)C(=O)c1cc(Br)ccc1O. The van der Waals surface area contributed by atoms with Crippen LogP contribution in [0.25, 0.3) is 0 Å². The summed E-state index contributed by atoms with van der Waals surface area (Å²) >= 11 is 4.10. The Bertz CT molecular complexity index is 428. The summed E-state index contributed by atoms with van der Waals surface area (Å²) in [6.07, 6.45) is 0. The fourth-order valence-electron chi connectivity index (χ4n) is 1.06. The van der Waals surface area contributed by atoms with Gasteiger partial charge in [0.25, 0.3) is 0 Å².